The number of alkyl halides is 2. The lowest BCUT2D eigenvalue weighted by Crippen LogP contribution is -2.28. The van der Waals surface area contributed by atoms with Gasteiger partial charge in [-0.25, -0.2) is 17.6 Å². The van der Waals surface area contributed by atoms with Gasteiger partial charge in [0, 0.05) is 11.6 Å². The number of aromatic nitrogens is 2. The Bertz CT molecular complexity index is 1150. The molecule has 3 nitrogen and oxygen atoms in total. The lowest BCUT2D eigenvalue weighted by atomic mass is 10.0. The van der Waals surface area contributed by atoms with Gasteiger partial charge in [-0.3, -0.25) is 4.79 Å². The molecule has 0 fully saturated rings. The third-order valence-corrected chi connectivity index (χ3v) is 3.70. The van der Waals surface area contributed by atoms with Crippen LogP contribution in [-0.4, -0.2) is 16.0 Å². The summed E-state index contributed by atoms with van der Waals surface area (Å²) in [5.41, 5.74) is -2.04. The van der Waals surface area contributed by atoms with Crippen LogP contribution in [0.4, 0.5) is 26.3 Å². The summed E-state index contributed by atoms with van der Waals surface area (Å²) in [5.74, 6) is -5.88. The number of benzene rings is 2. The Balaban J connectivity index is 1.84. The molecule has 0 amide bonds. The minimum Gasteiger partial charge on any atom is -0.287 e. The first-order valence-electron chi connectivity index (χ1n) is 7.87. The maximum Gasteiger partial charge on any atom is 0.353 e. The molecule has 0 saturated carbocycles. The normalized spacial score (nSPS) is 11.0. The highest BCUT2D eigenvalue weighted by atomic mass is 19.3. The van der Waals surface area contributed by atoms with E-state index in [9.17, 15) is 31.1 Å². The van der Waals surface area contributed by atoms with Crippen molar-refractivity contribution in [3.8, 4) is 11.8 Å². The highest BCUT2D eigenvalue weighted by Gasteiger charge is 2.44. The van der Waals surface area contributed by atoms with Crippen LogP contribution in [0.15, 0.2) is 48.5 Å². The molecule has 0 unspecified atom stereocenters. The molecule has 1 heterocycles. The van der Waals surface area contributed by atoms with Crippen LogP contribution in [0.2, 0.25) is 0 Å². The van der Waals surface area contributed by atoms with Crippen LogP contribution in [0, 0.1) is 35.1 Å². The van der Waals surface area contributed by atoms with E-state index in [-0.39, 0.29) is 11.3 Å². The summed E-state index contributed by atoms with van der Waals surface area (Å²) in [6, 6.07) is 6.30. The highest BCUT2D eigenvalue weighted by molar-refractivity contribution is 6.01. The maximum absolute atomic E-state index is 14.4. The van der Waals surface area contributed by atoms with Crippen LogP contribution in [0.25, 0.3) is 0 Å². The smallest absolute Gasteiger partial charge is 0.287 e. The molecular weight excluding hydrogens is 398 g/mol. The van der Waals surface area contributed by atoms with Crippen molar-refractivity contribution in [2.75, 3.05) is 0 Å². The third kappa shape index (κ3) is 4.27. The molecule has 3 rings (SSSR count). The molecule has 0 aliphatic heterocycles. The fourth-order valence-corrected chi connectivity index (χ4v) is 2.24. The van der Waals surface area contributed by atoms with Crippen molar-refractivity contribution in [2.24, 2.45) is 0 Å². The monoisotopic (exact) mass is 406 g/mol. The Morgan fingerprint density at radius 3 is 2.17 bits per heavy atom. The van der Waals surface area contributed by atoms with E-state index in [1.165, 1.54) is 6.07 Å². The van der Waals surface area contributed by atoms with Crippen molar-refractivity contribution in [3.05, 3.63) is 94.3 Å². The largest absolute Gasteiger partial charge is 0.353 e. The number of ketones is 1. The first kappa shape index (κ1) is 20.1. The van der Waals surface area contributed by atoms with Crippen LogP contribution in [0.5, 0.6) is 0 Å². The van der Waals surface area contributed by atoms with Crippen molar-refractivity contribution in [3.63, 3.8) is 0 Å². The van der Waals surface area contributed by atoms with Crippen LogP contribution in [0.1, 0.15) is 27.3 Å². The molecule has 3 aromatic rings. The van der Waals surface area contributed by atoms with Gasteiger partial charge in [-0.15, -0.1) is 10.2 Å². The summed E-state index contributed by atoms with van der Waals surface area (Å²) in [5, 5.41) is 6.67. The van der Waals surface area contributed by atoms with Gasteiger partial charge >= 0.3 is 5.92 Å². The Morgan fingerprint density at radius 1 is 0.793 bits per heavy atom. The number of hydrogen-bond acceptors (Lipinski definition) is 3. The molecule has 0 radical (unpaired) electrons. The molecule has 0 spiro atoms. The van der Waals surface area contributed by atoms with E-state index in [1.807, 2.05) is 0 Å². The summed E-state index contributed by atoms with van der Waals surface area (Å²) in [4.78, 5) is 12.0. The second kappa shape index (κ2) is 7.75. The van der Waals surface area contributed by atoms with E-state index < -0.39 is 46.2 Å². The van der Waals surface area contributed by atoms with Gasteiger partial charge in [-0.2, -0.15) is 8.78 Å². The van der Waals surface area contributed by atoms with Gasteiger partial charge in [-0.05, 0) is 48.4 Å². The van der Waals surface area contributed by atoms with Gasteiger partial charge in [0.05, 0.1) is 5.56 Å². The number of halogens is 6. The van der Waals surface area contributed by atoms with Gasteiger partial charge in [0.1, 0.15) is 23.0 Å². The lowest BCUT2D eigenvalue weighted by Gasteiger charge is -2.14. The molecule has 1 aromatic heterocycles. The number of hydrogen-bond donors (Lipinski definition) is 0. The molecule has 2 aromatic carbocycles. The number of carbonyl (C=O) groups is 1. The maximum atomic E-state index is 14.4. The summed E-state index contributed by atoms with van der Waals surface area (Å²) in [7, 11) is 0. The molecular formula is C20H8F6N2O. The quantitative estimate of drug-likeness (QED) is 0.368. The summed E-state index contributed by atoms with van der Waals surface area (Å²) < 4.78 is 81.2. The number of Topliss-reactive ketones (excluding diaryl/α,β-unsaturated/α-hetero) is 1. The molecule has 9 heteroatoms. The SMILES string of the molecule is O=C(c1ccc(F)cc1F)C(F)(F)c1ccc(C#Cc2ccc(F)c(F)c2)nn1. The Hall–Kier alpha value is -3.67. The Kier molecular flexibility index (Phi) is 5.37. The van der Waals surface area contributed by atoms with Crippen LogP contribution < -0.4 is 0 Å². The molecule has 0 atom stereocenters. The summed E-state index contributed by atoms with van der Waals surface area (Å²) >= 11 is 0. The van der Waals surface area contributed by atoms with Gasteiger partial charge < -0.3 is 0 Å². The van der Waals surface area contributed by atoms with Crippen molar-refractivity contribution < 1.29 is 31.1 Å². The number of carbonyl (C=O) groups excluding carboxylic acids is 1. The van der Waals surface area contributed by atoms with Crippen LogP contribution in [0.3, 0.4) is 0 Å². The highest BCUT2D eigenvalue weighted by Crippen LogP contribution is 2.31. The Morgan fingerprint density at radius 2 is 1.55 bits per heavy atom. The van der Waals surface area contributed by atoms with E-state index in [0.29, 0.717) is 18.2 Å². The van der Waals surface area contributed by atoms with Gasteiger partial charge in [0.2, 0.25) is 5.78 Å². The van der Waals surface area contributed by atoms with Gasteiger partial charge in [0.25, 0.3) is 0 Å². The predicted octanol–water partition coefficient (Wildman–Crippen LogP) is 4.41. The van der Waals surface area contributed by atoms with E-state index in [0.717, 1.165) is 24.3 Å². The zero-order valence-electron chi connectivity index (χ0n) is 14.2. The lowest BCUT2D eigenvalue weighted by molar-refractivity contribution is 0.00368. The minimum absolute atomic E-state index is 0.0882. The average Bonchev–Trinajstić information content (AvgIpc) is 2.69. The second-order valence-corrected chi connectivity index (χ2v) is 5.71. The molecule has 29 heavy (non-hydrogen) atoms. The van der Waals surface area contributed by atoms with Crippen molar-refractivity contribution in [2.45, 2.75) is 5.92 Å². The van der Waals surface area contributed by atoms with Crippen molar-refractivity contribution in [1.29, 1.82) is 0 Å². The fraction of sp³-hybridized carbons (Fsp3) is 0.0500. The Labute approximate surface area is 160 Å². The average molecular weight is 406 g/mol. The number of nitrogens with zero attached hydrogens (tertiary/aromatic N) is 2. The summed E-state index contributed by atoms with van der Waals surface area (Å²) in [6.45, 7) is 0. The first-order valence-corrected chi connectivity index (χ1v) is 7.87. The number of rotatable bonds is 3. The van der Waals surface area contributed by atoms with Gasteiger partial charge in [0.15, 0.2) is 11.6 Å². The standard InChI is InChI=1S/C20H8F6N2O/c21-12-3-6-14(16(23)10-12)19(29)20(25,26)18-8-5-13(27-28-18)4-1-11-2-7-15(22)17(24)9-11/h2-3,5-10H. The van der Waals surface area contributed by atoms with E-state index in [4.69, 9.17) is 0 Å². The minimum atomic E-state index is -4.22. The molecule has 146 valence electrons. The van der Waals surface area contributed by atoms with E-state index in [2.05, 4.69) is 22.0 Å². The summed E-state index contributed by atoms with van der Waals surface area (Å²) in [6.07, 6.45) is 0. The molecule has 0 N–H and O–H groups in total. The molecule has 0 bridgehead atoms. The van der Waals surface area contributed by atoms with E-state index >= 15 is 0 Å². The second-order valence-electron chi connectivity index (χ2n) is 5.71. The first-order chi connectivity index (χ1) is 13.7. The van der Waals surface area contributed by atoms with Crippen molar-refractivity contribution >= 4 is 5.78 Å². The van der Waals surface area contributed by atoms with E-state index in [1.54, 1.807) is 0 Å². The molecule has 0 aliphatic carbocycles. The van der Waals surface area contributed by atoms with Crippen LogP contribution >= 0.6 is 0 Å². The predicted molar refractivity (Wildman–Crippen MR) is 89.0 cm³/mol. The zero-order valence-corrected chi connectivity index (χ0v) is 14.2. The van der Waals surface area contributed by atoms with Crippen molar-refractivity contribution in [1.82, 2.24) is 10.2 Å². The van der Waals surface area contributed by atoms with Gasteiger partial charge in [-0.1, -0.05) is 5.92 Å². The fourth-order valence-electron chi connectivity index (χ4n) is 2.24. The third-order valence-electron chi connectivity index (χ3n) is 3.70. The molecule has 0 saturated heterocycles. The van der Waals surface area contributed by atoms with Crippen LogP contribution in [-0.2, 0) is 5.92 Å². The topological polar surface area (TPSA) is 42.9 Å². The molecule has 0 aliphatic rings. The zero-order chi connectivity index (χ0) is 21.2.